The van der Waals surface area contributed by atoms with Gasteiger partial charge in [0.25, 0.3) is 11.5 Å². The van der Waals surface area contributed by atoms with Crippen LogP contribution in [0.25, 0.3) is 10.9 Å². The fraction of sp³-hybridized carbons (Fsp3) is 0.321. The number of benzene rings is 2. The van der Waals surface area contributed by atoms with Crippen molar-refractivity contribution < 1.29 is 39.3 Å². The van der Waals surface area contributed by atoms with Gasteiger partial charge in [-0.2, -0.15) is 0 Å². The van der Waals surface area contributed by atoms with Gasteiger partial charge >= 0.3 is 17.9 Å². The van der Waals surface area contributed by atoms with Crippen molar-refractivity contribution in [3.63, 3.8) is 0 Å². The van der Waals surface area contributed by atoms with Crippen LogP contribution in [0.4, 0.5) is 5.69 Å². The number of carbonyl (C=O) groups is 5. The first kappa shape index (κ1) is 31.3. The minimum Gasteiger partial charge on any atom is -0.481 e. The number of rotatable bonds is 14. The highest BCUT2D eigenvalue weighted by Gasteiger charge is 2.25. The molecule has 3 rings (SSSR count). The Kier molecular flexibility index (Phi) is 10.3. The van der Waals surface area contributed by atoms with Gasteiger partial charge in [0, 0.05) is 37.7 Å². The third-order valence-corrected chi connectivity index (χ3v) is 6.42. The van der Waals surface area contributed by atoms with Gasteiger partial charge in [-0.1, -0.05) is 6.07 Å². The lowest BCUT2D eigenvalue weighted by molar-refractivity contribution is -0.143. The summed E-state index contributed by atoms with van der Waals surface area (Å²) in [6.07, 6.45) is -1.53. The number of carboxylic acids is 3. The van der Waals surface area contributed by atoms with Crippen LogP contribution in [0.1, 0.15) is 47.4 Å². The van der Waals surface area contributed by atoms with E-state index in [0.29, 0.717) is 23.3 Å². The van der Waals surface area contributed by atoms with Crippen LogP contribution in [0.15, 0.2) is 47.3 Å². The van der Waals surface area contributed by atoms with E-state index in [1.807, 2.05) is 18.0 Å². The van der Waals surface area contributed by atoms with E-state index in [9.17, 15) is 33.9 Å². The van der Waals surface area contributed by atoms with Gasteiger partial charge in [-0.05, 0) is 61.7 Å². The number of nitrogens with zero attached hydrogens (tertiary/aromatic N) is 2. The molecule has 2 aromatic carbocycles. The van der Waals surface area contributed by atoms with E-state index in [0.717, 1.165) is 11.3 Å². The summed E-state index contributed by atoms with van der Waals surface area (Å²) < 4.78 is 0. The number of hydrogen-bond donors (Lipinski definition) is 6. The normalized spacial score (nSPS) is 12.2. The third-order valence-electron chi connectivity index (χ3n) is 6.42. The van der Waals surface area contributed by atoms with Crippen LogP contribution >= 0.6 is 0 Å². The first-order valence-corrected chi connectivity index (χ1v) is 12.9. The van der Waals surface area contributed by atoms with Gasteiger partial charge in [-0.3, -0.25) is 19.2 Å². The number of anilines is 1. The fourth-order valence-electron chi connectivity index (χ4n) is 4.20. The summed E-state index contributed by atoms with van der Waals surface area (Å²) in [7, 11) is 1.83. The first-order chi connectivity index (χ1) is 19.8. The van der Waals surface area contributed by atoms with Crippen molar-refractivity contribution in [3.8, 4) is 0 Å². The molecule has 14 nitrogen and oxygen atoms in total. The predicted molar refractivity (Wildman–Crippen MR) is 150 cm³/mol. The van der Waals surface area contributed by atoms with Gasteiger partial charge in [0.1, 0.15) is 17.9 Å². The second-order valence-corrected chi connectivity index (χ2v) is 9.70. The first-order valence-electron chi connectivity index (χ1n) is 12.9. The van der Waals surface area contributed by atoms with Crippen molar-refractivity contribution in [2.24, 2.45) is 0 Å². The fourth-order valence-corrected chi connectivity index (χ4v) is 4.20. The molecule has 0 fully saturated rings. The van der Waals surface area contributed by atoms with Crippen LogP contribution in [0.3, 0.4) is 0 Å². The summed E-state index contributed by atoms with van der Waals surface area (Å²) in [4.78, 5) is 79.7. The molecular weight excluding hydrogens is 550 g/mol. The number of fused-ring (bicyclic) bond motifs is 1. The van der Waals surface area contributed by atoms with Gasteiger partial charge in [-0.25, -0.2) is 14.6 Å². The highest BCUT2D eigenvalue weighted by atomic mass is 16.4. The van der Waals surface area contributed by atoms with Gasteiger partial charge in [0.2, 0.25) is 5.91 Å². The van der Waals surface area contributed by atoms with E-state index in [-0.39, 0.29) is 24.0 Å². The van der Waals surface area contributed by atoms with E-state index >= 15 is 0 Å². The Balaban J connectivity index is 1.58. The summed E-state index contributed by atoms with van der Waals surface area (Å²) in [5.74, 6) is -4.96. The smallest absolute Gasteiger partial charge is 0.326 e. The molecule has 0 unspecified atom stereocenters. The van der Waals surface area contributed by atoms with Gasteiger partial charge < -0.3 is 35.8 Å². The highest BCUT2D eigenvalue weighted by Crippen LogP contribution is 2.18. The molecule has 0 aliphatic carbocycles. The van der Waals surface area contributed by atoms with E-state index < -0.39 is 54.6 Å². The van der Waals surface area contributed by atoms with Crippen molar-refractivity contribution in [1.82, 2.24) is 20.6 Å². The van der Waals surface area contributed by atoms with Crippen LogP contribution in [0.2, 0.25) is 0 Å². The molecular formula is C28H31N5O9. The average Bonchev–Trinajstić information content (AvgIpc) is 2.93. The van der Waals surface area contributed by atoms with Crippen molar-refractivity contribution >= 4 is 46.3 Å². The second kappa shape index (κ2) is 13.9. The highest BCUT2D eigenvalue weighted by molar-refractivity contribution is 5.97. The van der Waals surface area contributed by atoms with E-state index in [4.69, 9.17) is 10.2 Å². The molecule has 3 aromatic rings. The van der Waals surface area contributed by atoms with Crippen molar-refractivity contribution in [2.45, 2.75) is 51.2 Å². The van der Waals surface area contributed by atoms with E-state index in [1.54, 1.807) is 31.2 Å². The molecule has 0 aliphatic heterocycles. The topological polar surface area (TPSA) is 219 Å². The van der Waals surface area contributed by atoms with Crippen molar-refractivity contribution in [2.75, 3.05) is 11.9 Å². The zero-order valence-electron chi connectivity index (χ0n) is 22.9. The number of aromatic nitrogens is 2. The van der Waals surface area contributed by atoms with E-state index in [1.165, 1.54) is 12.1 Å². The number of nitrogens with one attached hydrogen (secondary N) is 3. The monoisotopic (exact) mass is 581 g/mol. The maximum Gasteiger partial charge on any atom is 0.326 e. The largest absolute Gasteiger partial charge is 0.481 e. The number of aliphatic carboxylic acids is 3. The Morgan fingerprint density at radius 1 is 0.905 bits per heavy atom. The van der Waals surface area contributed by atoms with Crippen molar-refractivity contribution in [3.05, 3.63) is 69.8 Å². The SMILES string of the molecule is Cc1nc2ccc(CN(C)c3ccc(C(=O)N[C@@H](CCC(=O)N[C@H](CCC(=O)O)C(=O)O)C(=O)O)cc3)cc2c(=O)[nH]1. The number of H-pyrrole nitrogens is 1. The number of aryl methyl sites for hydroxylation is 1. The lowest BCUT2D eigenvalue weighted by Gasteiger charge is -2.20. The number of hydrogen-bond acceptors (Lipinski definition) is 8. The Morgan fingerprint density at radius 2 is 1.52 bits per heavy atom. The molecule has 222 valence electrons. The lowest BCUT2D eigenvalue weighted by atomic mass is 10.1. The summed E-state index contributed by atoms with van der Waals surface area (Å²) in [6.45, 7) is 2.16. The molecule has 0 bridgehead atoms. The number of carbonyl (C=O) groups excluding carboxylic acids is 2. The lowest BCUT2D eigenvalue weighted by Crippen LogP contribution is -2.44. The van der Waals surface area contributed by atoms with Crippen LogP contribution in [-0.2, 0) is 25.7 Å². The second-order valence-electron chi connectivity index (χ2n) is 9.70. The molecule has 0 aliphatic rings. The average molecular weight is 582 g/mol. The standard InChI is InChI=1S/C28H31N5O9/c1-15-29-20-8-3-16(13-19(20)26(38)30-15)14-33(2)18-6-4-17(5-7-18)25(37)32-22(28(41)42)9-11-23(34)31-21(27(39)40)10-12-24(35)36/h3-8,13,21-22H,9-12,14H2,1-2H3,(H,31,34)(H,32,37)(H,35,36)(H,39,40)(H,41,42)(H,29,30,38)/t21-,22+/m1/s1. The quantitative estimate of drug-likeness (QED) is 0.159. The van der Waals surface area contributed by atoms with Crippen LogP contribution in [-0.4, -0.2) is 74.1 Å². The zero-order valence-corrected chi connectivity index (χ0v) is 22.9. The molecule has 42 heavy (non-hydrogen) atoms. The molecule has 1 aromatic heterocycles. The Labute approximate surface area is 239 Å². The van der Waals surface area contributed by atoms with Gasteiger partial charge in [-0.15, -0.1) is 0 Å². The minimum atomic E-state index is -1.44. The zero-order chi connectivity index (χ0) is 31.0. The van der Waals surface area contributed by atoms with Crippen molar-refractivity contribution in [1.29, 1.82) is 0 Å². The molecule has 0 saturated carbocycles. The number of amides is 2. The van der Waals surface area contributed by atoms with Crippen LogP contribution in [0.5, 0.6) is 0 Å². The molecule has 0 spiro atoms. The summed E-state index contributed by atoms with van der Waals surface area (Å²) in [5.41, 5.74) is 2.18. The summed E-state index contributed by atoms with van der Waals surface area (Å²) in [6, 6.07) is 8.95. The summed E-state index contributed by atoms with van der Waals surface area (Å²) >= 11 is 0. The molecule has 6 N–H and O–H groups in total. The molecule has 2 atom stereocenters. The molecule has 0 saturated heterocycles. The van der Waals surface area contributed by atoms with Gasteiger partial charge in [0.05, 0.1) is 10.9 Å². The minimum absolute atomic E-state index is 0.182. The molecule has 14 heteroatoms. The van der Waals surface area contributed by atoms with Crippen LogP contribution < -0.4 is 21.1 Å². The maximum absolute atomic E-state index is 12.7. The van der Waals surface area contributed by atoms with E-state index in [2.05, 4.69) is 20.6 Å². The predicted octanol–water partition coefficient (Wildman–Crippen LogP) is 1.27. The number of carboxylic acid groups (broad SMARTS) is 3. The Hall–Kier alpha value is -5.27. The number of aromatic amines is 1. The maximum atomic E-state index is 12.7. The van der Waals surface area contributed by atoms with Gasteiger partial charge in [0.15, 0.2) is 0 Å². The third kappa shape index (κ3) is 8.61. The molecule has 0 radical (unpaired) electrons. The molecule has 1 heterocycles. The summed E-state index contributed by atoms with van der Waals surface area (Å²) in [5, 5.41) is 32.4. The van der Waals surface area contributed by atoms with Crippen LogP contribution in [0, 0.1) is 6.92 Å². The Morgan fingerprint density at radius 3 is 2.14 bits per heavy atom. The Bertz CT molecular complexity index is 1550. The molecule has 2 amide bonds.